The predicted octanol–water partition coefficient (Wildman–Crippen LogP) is 0.877. The Morgan fingerprint density at radius 3 is 1.31 bits per heavy atom. The Balaban J connectivity index is -0.000000309. The minimum Gasteiger partial charge on any atom is -1.00 e. The van der Waals surface area contributed by atoms with E-state index < -0.39 is 0 Å². The van der Waals surface area contributed by atoms with Crippen LogP contribution in [0.2, 0.25) is 13.1 Å². The van der Waals surface area contributed by atoms with E-state index >= 15 is 0 Å². The molecular formula is C46H46Cl4Si2Zr2. The third kappa shape index (κ3) is 19.0. The van der Waals surface area contributed by atoms with Gasteiger partial charge in [0.25, 0.3) is 0 Å². The van der Waals surface area contributed by atoms with Crippen LogP contribution in [0, 0.1) is 26.0 Å². The molecule has 0 nitrogen and oxygen atoms in total. The fraction of sp³-hybridized carbons (Fsp3) is 0.174. The summed E-state index contributed by atoms with van der Waals surface area (Å²) in [6, 6.07) is 43.1. The molecule has 0 saturated heterocycles. The van der Waals surface area contributed by atoms with Crippen LogP contribution in [-0.2, 0) is 52.4 Å². The van der Waals surface area contributed by atoms with E-state index in [1.807, 2.05) is 12.2 Å². The van der Waals surface area contributed by atoms with E-state index in [9.17, 15) is 0 Å². The van der Waals surface area contributed by atoms with Gasteiger partial charge in [-0.05, 0) is 11.1 Å². The molecule has 0 aromatic heterocycles. The Labute approximate surface area is 395 Å². The number of halogens is 4. The van der Waals surface area contributed by atoms with Gasteiger partial charge in [-0.2, -0.15) is 24.3 Å². The summed E-state index contributed by atoms with van der Waals surface area (Å²) in [6.07, 6.45) is 19.7. The molecule has 6 radical (unpaired) electrons. The number of aryl methyl sites for hydroxylation is 2. The van der Waals surface area contributed by atoms with Gasteiger partial charge in [-0.1, -0.05) is 124 Å². The minimum absolute atomic E-state index is 0. The van der Waals surface area contributed by atoms with Crippen LogP contribution in [0.3, 0.4) is 0 Å². The molecule has 0 fully saturated rings. The Morgan fingerprint density at radius 2 is 1.02 bits per heavy atom. The van der Waals surface area contributed by atoms with Crippen molar-refractivity contribution in [3.05, 3.63) is 181 Å². The number of fused-ring (bicyclic) bond motifs is 2. The average Bonchev–Trinajstić information content (AvgIpc) is 3.99. The monoisotopic (exact) mass is 974 g/mol. The number of hydrogen-bond donors (Lipinski definition) is 0. The number of rotatable bonds is 3. The van der Waals surface area contributed by atoms with Gasteiger partial charge in [0, 0.05) is 20.5 Å². The van der Waals surface area contributed by atoms with Crippen molar-refractivity contribution in [2.75, 3.05) is 0 Å². The summed E-state index contributed by atoms with van der Waals surface area (Å²) in [5.41, 5.74) is 9.26. The molecule has 0 N–H and O–H groups in total. The Morgan fingerprint density at radius 1 is 0.574 bits per heavy atom. The first-order valence-corrected chi connectivity index (χ1v) is 18.5. The smallest absolute Gasteiger partial charge is 1.00 e. The van der Waals surface area contributed by atoms with Crippen molar-refractivity contribution in [1.82, 2.24) is 0 Å². The molecule has 0 spiro atoms. The van der Waals surface area contributed by atoms with Gasteiger partial charge >= 0.3 is 52.4 Å². The maximum absolute atomic E-state index is 3.21. The van der Waals surface area contributed by atoms with Crippen LogP contribution in [0.1, 0.15) is 37.3 Å². The first-order chi connectivity index (χ1) is 23.6. The van der Waals surface area contributed by atoms with E-state index in [1.165, 1.54) is 60.5 Å². The fourth-order valence-corrected chi connectivity index (χ4v) is 5.54. The predicted molar refractivity (Wildman–Crippen MR) is 215 cm³/mol. The van der Waals surface area contributed by atoms with Crippen molar-refractivity contribution in [1.29, 1.82) is 0 Å². The van der Waals surface area contributed by atoms with Crippen LogP contribution in [-0.4, -0.2) is 20.5 Å². The Hall–Kier alpha value is -1.58. The topological polar surface area (TPSA) is 0 Å². The molecule has 6 aromatic rings. The Bertz CT molecular complexity index is 1800. The normalized spacial score (nSPS) is 10.5. The third-order valence-corrected chi connectivity index (χ3v) is 7.69. The summed E-state index contributed by atoms with van der Waals surface area (Å²) in [5, 5.41) is 5.37. The zero-order valence-electron chi connectivity index (χ0n) is 31.6. The zero-order chi connectivity index (χ0) is 34.6. The summed E-state index contributed by atoms with van der Waals surface area (Å²) >= 11 is 0. The van der Waals surface area contributed by atoms with Crippen LogP contribution in [0.5, 0.6) is 0 Å². The second kappa shape index (κ2) is 34.7. The van der Waals surface area contributed by atoms with Gasteiger partial charge in [0.2, 0.25) is 0 Å². The van der Waals surface area contributed by atoms with Gasteiger partial charge in [-0.25, -0.2) is 23.8 Å². The molecule has 0 saturated carbocycles. The number of benzene rings is 4. The molecule has 8 heteroatoms. The maximum atomic E-state index is 3.21. The summed E-state index contributed by atoms with van der Waals surface area (Å²) in [6.45, 7) is 10.1. The number of hydrogen-bond acceptors (Lipinski definition) is 0. The summed E-state index contributed by atoms with van der Waals surface area (Å²) in [4.78, 5) is 0. The average molecular weight is 979 g/mol. The van der Waals surface area contributed by atoms with Crippen molar-refractivity contribution < 1.29 is 102 Å². The molecule has 8 rings (SSSR count). The van der Waals surface area contributed by atoms with E-state index in [1.54, 1.807) is 13.1 Å². The van der Waals surface area contributed by atoms with Crippen LogP contribution in [0.25, 0.3) is 43.8 Å². The largest absolute Gasteiger partial charge is 4.00 e. The molecule has 0 bridgehead atoms. The van der Waals surface area contributed by atoms with Gasteiger partial charge in [-0.3, -0.25) is 12.2 Å². The summed E-state index contributed by atoms with van der Waals surface area (Å²) in [5.74, 6) is 0. The third-order valence-electron chi connectivity index (χ3n) is 7.69. The van der Waals surface area contributed by atoms with Crippen molar-refractivity contribution in [2.45, 2.75) is 53.1 Å². The van der Waals surface area contributed by atoms with Gasteiger partial charge in [-0.15, -0.1) is 81.9 Å². The molecule has 0 aliphatic heterocycles. The van der Waals surface area contributed by atoms with E-state index in [0.717, 1.165) is 19.3 Å². The standard InChI is InChI=1S/2C16H13.C7H9.C5H5.2CH3Si.4ClH.2Zr/c2*1-12-10-14-8-5-9-15(16(14)11-12)13-6-3-2-4-7-13;1-2-7-5-3-4-6-7;1-2-4-5-3-1;2*1-2;;;;;;/h2*2-11H,1H3;3,5H,2,4H2,1H3;1-3H,4H2;2*1H3;4*1H;;/q4*-1;;;;;;;2*+4/p-4. The van der Waals surface area contributed by atoms with E-state index in [-0.39, 0.29) is 102 Å². The van der Waals surface area contributed by atoms with Crippen molar-refractivity contribution in [3.63, 3.8) is 0 Å². The van der Waals surface area contributed by atoms with Crippen LogP contribution in [0.15, 0.2) is 157 Å². The van der Waals surface area contributed by atoms with E-state index in [0.29, 0.717) is 0 Å². The molecule has 54 heavy (non-hydrogen) atoms. The molecule has 2 aliphatic rings. The summed E-state index contributed by atoms with van der Waals surface area (Å²) < 4.78 is 0. The first kappa shape index (κ1) is 59.1. The molecule has 0 unspecified atom stereocenters. The molecular weight excluding hydrogens is 933 g/mol. The molecule has 0 atom stereocenters. The molecule has 0 amide bonds. The molecule has 274 valence electrons. The number of allylic oxidation sites excluding steroid dienone is 8. The molecule has 2 aliphatic carbocycles. The molecule has 0 heterocycles. The first-order valence-electron chi connectivity index (χ1n) is 16.5. The van der Waals surface area contributed by atoms with Crippen LogP contribution >= 0.6 is 0 Å². The second-order valence-corrected chi connectivity index (χ2v) is 11.1. The van der Waals surface area contributed by atoms with Crippen LogP contribution < -0.4 is 49.6 Å². The van der Waals surface area contributed by atoms with Crippen LogP contribution in [0.4, 0.5) is 0 Å². The van der Waals surface area contributed by atoms with Crippen molar-refractivity contribution >= 4 is 42.0 Å². The maximum Gasteiger partial charge on any atom is 4.00 e. The quantitative estimate of drug-likeness (QED) is 0.183. The van der Waals surface area contributed by atoms with E-state index in [2.05, 4.69) is 193 Å². The van der Waals surface area contributed by atoms with Crippen molar-refractivity contribution in [3.8, 4) is 22.3 Å². The van der Waals surface area contributed by atoms with Gasteiger partial charge < -0.3 is 49.6 Å². The van der Waals surface area contributed by atoms with Gasteiger partial charge in [0.1, 0.15) is 0 Å². The SMILES string of the molecule is CCC1=[C-]CC=C1.C[Si].C[Si].Cc1cc2c(-c3ccccc3)cccc2[cH-]1.Cc1cc2c(-c3ccccc3)cccc2[cH-]1.[C-]1=CC=CC1.[Cl-].[Cl-].[Cl-].[Cl-].[Zr+4].[Zr+4]. The van der Waals surface area contributed by atoms with E-state index in [4.69, 9.17) is 0 Å². The van der Waals surface area contributed by atoms with Gasteiger partial charge in [0.05, 0.1) is 0 Å². The molecule has 6 aromatic carbocycles. The Kier molecular flexibility index (Phi) is 37.9. The van der Waals surface area contributed by atoms with Gasteiger partial charge in [0.15, 0.2) is 0 Å². The van der Waals surface area contributed by atoms with Crippen molar-refractivity contribution in [2.24, 2.45) is 0 Å². The zero-order valence-corrected chi connectivity index (χ0v) is 41.5. The second-order valence-electron chi connectivity index (χ2n) is 11.1. The summed E-state index contributed by atoms with van der Waals surface area (Å²) in [7, 11) is 5.94. The minimum atomic E-state index is 0. The fourth-order valence-electron chi connectivity index (χ4n) is 5.54.